The molecular formula is C9H17N3O2S2. The zero-order valence-corrected chi connectivity index (χ0v) is 11.1. The number of rotatable bonds is 7. The summed E-state index contributed by atoms with van der Waals surface area (Å²) < 4.78 is 25.6. The Labute approximate surface area is 100 Å². The van der Waals surface area contributed by atoms with Crippen LogP contribution in [-0.2, 0) is 16.6 Å². The summed E-state index contributed by atoms with van der Waals surface area (Å²) in [5.41, 5.74) is 2.44. The van der Waals surface area contributed by atoms with Crippen molar-refractivity contribution in [3.63, 3.8) is 0 Å². The molecule has 92 valence electrons. The molecule has 16 heavy (non-hydrogen) atoms. The van der Waals surface area contributed by atoms with Gasteiger partial charge in [-0.1, -0.05) is 13.8 Å². The first-order valence-corrected chi connectivity index (χ1v) is 7.67. The Bertz CT molecular complexity index is 387. The lowest BCUT2D eigenvalue weighted by Crippen LogP contribution is -2.34. The van der Waals surface area contributed by atoms with Crippen LogP contribution >= 0.6 is 11.3 Å². The van der Waals surface area contributed by atoms with E-state index < -0.39 is 10.0 Å². The van der Waals surface area contributed by atoms with E-state index in [-0.39, 0.29) is 12.3 Å². The van der Waals surface area contributed by atoms with Crippen LogP contribution < -0.4 is 10.0 Å². The third-order valence-corrected chi connectivity index (χ3v) is 3.84. The van der Waals surface area contributed by atoms with E-state index in [1.807, 2.05) is 19.2 Å². The van der Waals surface area contributed by atoms with Crippen molar-refractivity contribution in [1.82, 2.24) is 15.0 Å². The quantitative estimate of drug-likeness (QED) is 0.754. The van der Waals surface area contributed by atoms with Crippen molar-refractivity contribution >= 4 is 21.4 Å². The van der Waals surface area contributed by atoms with Crippen LogP contribution in [0, 0.1) is 0 Å². The number of hydrogen-bond acceptors (Lipinski definition) is 5. The summed E-state index contributed by atoms with van der Waals surface area (Å²) in [4.78, 5) is 4.00. The predicted octanol–water partition coefficient (Wildman–Crippen LogP) is 0.560. The number of hydrogen-bond donors (Lipinski definition) is 2. The fraction of sp³-hybridized carbons (Fsp3) is 0.667. The van der Waals surface area contributed by atoms with E-state index in [1.54, 1.807) is 5.51 Å². The first-order valence-electron chi connectivity index (χ1n) is 5.07. The highest BCUT2D eigenvalue weighted by Crippen LogP contribution is 2.00. The van der Waals surface area contributed by atoms with Gasteiger partial charge in [-0.2, -0.15) is 0 Å². The van der Waals surface area contributed by atoms with Gasteiger partial charge < -0.3 is 5.32 Å². The third-order valence-electron chi connectivity index (χ3n) is 1.88. The lowest BCUT2D eigenvalue weighted by Gasteiger charge is -2.08. The summed E-state index contributed by atoms with van der Waals surface area (Å²) >= 11 is 1.45. The van der Waals surface area contributed by atoms with E-state index in [9.17, 15) is 8.42 Å². The highest BCUT2D eigenvalue weighted by molar-refractivity contribution is 7.89. The molecule has 0 saturated heterocycles. The molecule has 0 aliphatic carbocycles. The van der Waals surface area contributed by atoms with Crippen molar-refractivity contribution in [3.8, 4) is 0 Å². The van der Waals surface area contributed by atoms with Crippen LogP contribution in [0.3, 0.4) is 0 Å². The molecule has 0 aliphatic heterocycles. The zero-order chi connectivity index (χ0) is 12.0. The molecule has 0 amide bonds. The summed E-state index contributed by atoms with van der Waals surface area (Å²) in [7, 11) is -3.20. The van der Waals surface area contributed by atoms with Gasteiger partial charge in [0.2, 0.25) is 10.0 Å². The maximum absolute atomic E-state index is 11.5. The Balaban J connectivity index is 2.29. The molecule has 7 heteroatoms. The zero-order valence-electron chi connectivity index (χ0n) is 9.43. The van der Waals surface area contributed by atoms with Gasteiger partial charge in [0, 0.05) is 18.0 Å². The Kier molecular flexibility index (Phi) is 5.33. The van der Waals surface area contributed by atoms with Gasteiger partial charge in [-0.15, -0.1) is 11.3 Å². The van der Waals surface area contributed by atoms with Crippen LogP contribution in [0.4, 0.5) is 0 Å². The second-order valence-corrected chi connectivity index (χ2v) is 6.37. The third kappa shape index (κ3) is 5.55. The summed E-state index contributed by atoms with van der Waals surface area (Å²) in [5, 5.41) is 4.89. The molecule has 1 aromatic heterocycles. The minimum absolute atomic E-state index is 0.0926. The van der Waals surface area contributed by atoms with Gasteiger partial charge in [0.05, 0.1) is 23.5 Å². The second-order valence-electron chi connectivity index (χ2n) is 3.73. The summed E-state index contributed by atoms with van der Waals surface area (Å²) in [5.74, 6) is 0.0926. The summed E-state index contributed by atoms with van der Waals surface area (Å²) in [6.07, 6.45) is 0. The van der Waals surface area contributed by atoms with Crippen molar-refractivity contribution in [2.75, 3.05) is 12.3 Å². The monoisotopic (exact) mass is 263 g/mol. The number of nitrogens with one attached hydrogen (secondary N) is 2. The molecule has 0 spiro atoms. The standard InChI is InChI=1S/C9H17N3O2S2/c1-8(2)10-3-4-16(13,14)12-5-9-6-15-7-11-9/h6-8,10,12H,3-5H2,1-2H3. The van der Waals surface area contributed by atoms with Gasteiger partial charge in [-0.3, -0.25) is 0 Å². The molecule has 2 N–H and O–H groups in total. The van der Waals surface area contributed by atoms with Gasteiger partial charge in [0.15, 0.2) is 0 Å². The van der Waals surface area contributed by atoms with Crippen molar-refractivity contribution in [2.45, 2.75) is 26.4 Å². The summed E-state index contributed by atoms with van der Waals surface area (Å²) in [6, 6.07) is 0.300. The molecule has 0 atom stereocenters. The molecule has 0 saturated carbocycles. The number of thiazole rings is 1. The maximum Gasteiger partial charge on any atom is 0.213 e. The number of nitrogens with zero attached hydrogens (tertiary/aromatic N) is 1. The van der Waals surface area contributed by atoms with Gasteiger partial charge in [0.1, 0.15) is 0 Å². The van der Waals surface area contributed by atoms with E-state index in [0.717, 1.165) is 5.69 Å². The molecule has 1 aromatic rings. The van der Waals surface area contributed by atoms with E-state index in [0.29, 0.717) is 12.6 Å². The first-order chi connectivity index (χ1) is 7.49. The lowest BCUT2D eigenvalue weighted by atomic mass is 10.4. The van der Waals surface area contributed by atoms with E-state index >= 15 is 0 Å². The molecule has 0 unspecified atom stereocenters. The normalized spacial score (nSPS) is 12.2. The van der Waals surface area contributed by atoms with Crippen LogP contribution in [0.2, 0.25) is 0 Å². The minimum atomic E-state index is -3.20. The molecule has 0 aliphatic rings. The highest BCUT2D eigenvalue weighted by atomic mass is 32.2. The molecule has 0 fully saturated rings. The fourth-order valence-electron chi connectivity index (χ4n) is 1.06. The SMILES string of the molecule is CC(C)NCCS(=O)(=O)NCc1cscn1. The van der Waals surface area contributed by atoms with Crippen molar-refractivity contribution < 1.29 is 8.42 Å². The largest absolute Gasteiger partial charge is 0.313 e. The fourth-order valence-corrected chi connectivity index (χ4v) is 2.52. The van der Waals surface area contributed by atoms with Crippen molar-refractivity contribution in [2.24, 2.45) is 0 Å². The van der Waals surface area contributed by atoms with Crippen LogP contribution in [0.1, 0.15) is 19.5 Å². The van der Waals surface area contributed by atoms with Crippen molar-refractivity contribution in [1.29, 1.82) is 0 Å². The van der Waals surface area contributed by atoms with Crippen LogP contribution in [0.25, 0.3) is 0 Å². The van der Waals surface area contributed by atoms with E-state index in [1.165, 1.54) is 11.3 Å². The predicted molar refractivity (Wildman–Crippen MR) is 65.9 cm³/mol. The molecule has 0 radical (unpaired) electrons. The van der Waals surface area contributed by atoms with Crippen LogP contribution in [-0.4, -0.2) is 31.7 Å². The topological polar surface area (TPSA) is 71.1 Å². The van der Waals surface area contributed by atoms with Gasteiger partial charge in [-0.25, -0.2) is 18.1 Å². The number of sulfonamides is 1. The minimum Gasteiger partial charge on any atom is -0.313 e. The molecule has 1 heterocycles. The average Bonchev–Trinajstić information content (AvgIpc) is 2.66. The van der Waals surface area contributed by atoms with E-state index in [2.05, 4.69) is 15.0 Å². The lowest BCUT2D eigenvalue weighted by molar-refractivity contribution is 0.566. The molecule has 1 rings (SSSR count). The van der Waals surface area contributed by atoms with Gasteiger partial charge >= 0.3 is 0 Å². The molecule has 0 aromatic carbocycles. The first kappa shape index (κ1) is 13.6. The average molecular weight is 263 g/mol. The Morgan fingerprint density at radius 2 is 2.25 bits per heavy atom. The Morgan fingerprint density at radius 3 is 2.81 bits per heavy atom. The number of aromatic nitrogens is 1. The Morgan fingerprint density at radius 1 is 1.50 bits per heavy atom. The van der Waals surface area contributed by atoms with Crippen LogP contribution in [0.5, 0.6) is 0 Å². The second kappa shape index (κ2) is 6.29. The smallest absolute Gasteiger partial charge is 0.213 e. The van der Waals surface area contributed by atoms with Gasteiger partial charge in [-0.05, 0) is 0 Å². The van der Waals surface area contributed by atoms with Gasteiger partial charge in [0.25, 0.3) is 0 Å². The maximum atomic E-state index is 11.5. The molecular weight excluding hydrogens is 246 g/mol. The summed E-state index contributed by atoms with van der Waals surface area (Å²) in [6.45, 7) is 4.70. The van der Waals surface area contributed by atoms with Crippen LogP contribution in [0.15, 0.2) is 10.9 Å². The van der Waals surface area contributed by atoms with Crippen molar-refractivity contribution in [3.05, 3.63) is 16.6 Å². The Hall–Kier alpha value is -0.500. The molecule has 5 nitrogen and oxygen atoms in total. The highest BCUT2D eigenvalue weighted by Gasteiger charge is 2.10. The molecule has 0 bridgehead atoms. The van der Waals surface area contributed by atoms with E-state index in [4.69, 9.17) is 0 Å².